The van der Waals surface area contributed by atoms with Gasteiger partial charge < -0.3 is 10.8 Å². The van der Waals surface area contributed by atoms with Crippen molar-refractivity contribution >= 4 is 5.82 Å². The summed E-state index contributed by atoms with van der Waals surface area (Å²) in [6.07, 6.45) is -8.35. The largest absolute Gasteiger partial charge is 0.418 e. The maximum Gasteiger partial charge on any atom is 0.418 e. The molecule has 1 aromatic rings. The van der Waals surface area contributed by atoms with Crippen LogP contribution in [0.2, 0.25) is 0 Å². The van der Waals surface area contributed by atoms with E-state index in [-0.39, 0.29) is 0 Å². The summed E-state index contributed by atoms with van der Waals surface area (Å²) < 4.78 is 62.2. The van der Waals surface area contributed by atoms with Gasteiger partial charge >= 0.3 is 6.18 Å². The number of nitrogen functional groups attached to an aromatic ring is 1. The number of halogens is 5. The van der Waals surface area contributed by atoms with E-state index in [1.54, 1.807) is 0 Å². The van der Waals surface area contributed by atoms with Crippen molar-refractivity contribution in [3.63, 3.8) is 0 Å². The Kier molecular flexibility index (Phi) is 3.32. The van der Waals surface area contributed by atoms with Crippen LogP contribution in [0.5, 0.6) is 0 Å². The molecule has 0 aliphatic heterocycles. The van der Waals surface area contributed by atoms with Crippen molar-refractivity contribution in [3.8, 4) is 0 Å². The molecule has 0 fully saturated rings. The Morgan fingerprint density at radius 2 is 1.94 bits per heavy atom. The molecule has 0 atom stereocenters. The number of hydrogen-bond acceptors (Lipinski definition) is 3. The van der Waals surface area contributed by atoms with Crippen molar-refractivity contribution in [2.45, 2.75) is 19.2 Å². The van der Waals surface area contributed by atoms with Crippen LogP contribution in [0, 0.1) is 0 Å². The van der Waals surface area contributed by atoms with Gasteiger partial charge in [-0.3, -0.25) is 0 Å². The van der Waals surface area contributed by atoms with Crippen molar-refractivity contribution in [2.24, 2.45) is 0 Å². The van der Waals surface area contributed by atoms with Crippen molar-refractivity contribution < 1.29 is 27.1 Å². The molecular weight excluding hydrogens is 235 g/mol. The van der Waals surface area contributed by atoms with Crippen LogP contribution in [0.1, 0.15) is 23.2 Å². The second kappa shape index (κ2) is 4.20. The molecule has 0 bridgehead atoms. The van der Waals surface area contributed by atoms with Gasteiger partial charge in [0.25, 0.3) is 6.43 Å². The number of rotatable bonds is 2. The number of anilines is 1. The fourth-order valence-electron chi connectivity index (χ4n) is 1.26. The second-order valence-corrected chi connectivity index (χ2v) is 2.91. The summed E-state index contributed by atoms with van der Waals surface area (Å²) in [7, 11) is 0. The fraction of sp³-hybridized carbons (Fsp3) is 0.375. The molecule has 1 heterocycles. The normalized spacial score (nSPS) is 12.2. The van der Waals surface area contributed by atoms with E-state index in [0.29, 0.717) is 6.07 Å². The highest BCUT2D eigenvalue weighted by Gasteiger charge is 2.39. The predicted octanol–water partition coefficient (Wildman–Crippen LogP) is 2.11. The molecule has 0 saturated carbocycles. The Bertz CT molecular complexity index is 391. The van der Waals surface area contributed by atoms with E-state index in [1.165, 1.54) is 0 Å². The Labute approximate surface area is 86.7 Å². The van der Waals surface area contributed by atoms with Crippen LogP contribution in [0.25, 0.3) is 0 Å². The summed E-state index contributed by atoms with van der Waals surface area (Å²) in [5.74, 6) is -0.493. The third kappa shape index (κ3) is 2.38. The molecule has 0 unspecified atom stereocenters. The van der Waals surface area contributed by atoms with Gasteiger partial charge in [-0.15, -0.1) is 0 Å². The molecule has 1 rings (SSSR count). The van der Waals surface area contributed by atoms with E-state index < -0.39 is 41.8 Å². The minimum absolute atomic E-state index is 0.451. The predicted molar refractivity (Wildman–Crippen MR) is 44.5 cm³/mol. The molecule has 0 aromatic carbocycles. The molecular formula is C8H7F5N2O. The lowest BCUT2D eigenvalue weighted by Crippen LogP contribution is -2.16. The van der Waals surface area contributed by atoms with Crippen LogP contribution in [-0.4, -0.2) is 10.1 Å². The van der Waals surface area contributed by atoms with Gasteiger partial charge in [0.05, 0.1) is 17.9 Å². The Morgan fingerprint density at radius 3 is 2.31 bits per heavy atom. The molecule has 0 aliphatic carbocycles. The number of nitrogens with two attached hydrogens (primary N) is 1. The number of aliphatic hydroxyl groups excluding tert-OH is 1. The van der Waals surface area contributed by atoms with E-state index >= 15 is 0 Å². The molecule has 0 amide bonds. The Balaban J connectivity index is 3.52. The summed E-state index contributed by atoms with van der Waals surface area (Å²) in [4.78, 5) is 3.18. The summed E-state index contributed by atoms with van der Waals surface area (Å²) in [6, 6.07) is 0.451. The number of aromatic nitrogens is 1. The molecule has 3 nitrogen and oxygen atoms in total. The van der Waals surface area contributed by atoms with Crippen molar-refractivity contribution in [1.82, 2.24) is 4.98 Å². The molecule has 0 spiro atoms. The van der Waals surface area contributed by atoms with Gasteiger partial charge in [0.2, 0.25) is 0 Å². The minimum Gasteiger partial charge on any atom is -0.390 e. The van der Waals surface area contributed by atoms with E-state index in [9.17, 15) is 22.0 Å². The van der Waals surface area contributed by atoms with Crippen LogP contribution in [0.4, 0.5) is 27.8 Å². The molecule has 0 saturated heterocycles. The molecule has 0 radical (unpaired) electrons. The highest BCUT2D eigenvalue weighted by atomic mass is 19.4. The van der Waals surface area contributed by atoms with Crippen LogP contribution in [0.15, 0.2) is 6.07 Å². The second-order valence-electron chi connectivity index (χ2n) is 2.91. The Morgan fingerprint density at radius 1 is 1.38 bits per heavy atom. The summed E-state index contributed by atoms with van der Waals surface area (Å²) in [5.41, 5.74) is 1.26. The SMILES string of the molecule is Nc1cc(C(F)F)c(C(F)(F)F)c(CO)n1. The van der Waals surface area contributed by atoms with E-state index in [4.69, 9.17) is 10.8 Å². The van der Waals surface area contributed by atoms with Crippen molar-refractivity contribution in [1.29, 1.82) is 0 Å². The van der Waals surface area contributed by atoms with Crippen LogP contribution in [0.3, 0.4) is 0 Å². The summed E-state index contributed by atoms with van der Waals surface area (Å²) in [5, 5.41) is 8.65. The molecule has 16 heavy (non-hydrogen) atoms. The average Bonchev–Trinajstić information content (AvgIpc) is 2.14. The van der Waals surface area contributed by atoms with Gasteiger partial charge in [0, 0.05) is 5.56 Å². The first kappa shape index (κ1) is 12.6. The first-order chi connectivity index (χ1) is 7.27. The molecule has 8 heteroatoms. The number of pyridine rings is 1. The fourth-order valence-corrected chi connectivity index (χ4v) is 1.26. The quantitative estimate of drug-likeness (QED) is 0.781. The maximum absolute atomic E-state index is 12.5. The summed E-state index contributed by atoms with van der Waals surface area (Å²) >= 11 is 0. The van der Waals surface area contributed by atoms with E-state index in [2.05, 4.69) is 4.98 Å². The topological polar surface area (TPSA) is 59.1 Å². The zero-order valence-corrected chi connectivity index (χ0v) is 7.72. The van der Waals surface area contributed by atoms with Crippen molar-refractivity contribution in [3.05, 3.63) is 22.9 Å². The zero-order chi connectivity index (χ0) is 12.5. The first-order valence-electron chi connectivity index (χ1n) is 4.03. The van der Waals surface area contributed by atoms with Gasteiger partial charge in [-0.05, 0) is 6.07 Å². The molecule has 1 aromatic heterocycles. The first-order valence-corrected chi connectivity index (χ1v) is 4.03. The monoisotopic (exact) mass is 242 g/mol. The van der Waals surface area contributed by atoms with Gasteiger partial charge in [-0.2, -0.15) is 13.2 Å². The third-order valence-electron chi connectivity index (χ3n) is 1.81. The number of aliphatic hydroxyl groups is 1. The molecule has 3 N–H and O–H groups in total. The smallest absolute Gasteiger partial charge is 0.390 e. The van der Waals surface area contributed by atoms with Gasteiger partial charge in [0.15, 0.2) is 0 Å². The van der Waals surface area contributed by atoms with Gasteiger partial charge in [-0.1, -0.05) is 0 Å². The lowest BCUT2D eigenvalue weighted by molar-refractivity contribution is -0.141. The van der Waals surface area contributed by atoms with Crippen molar-refractivity contribution in [2.75, 3.05) is 5.73 Å². The van der Waals surface area contributed by atoms with Crippen LogP contribution in [-0.2, 0) is 12.8 Å². The lowest BCUT2D eigenvalue weighted by atomic mass is 10.1. The number of alkyl halides is 5. The standard InChI is InChI=1S/C8H7F5N2O/c9-7(10)3-1-5(14)15-4(2-16)6(3)8(11,12)13/h1,7,16H,2H2,(H2,14,15). The zero-order valence-electron chi connectivity index (χ0n) is 7.72. The highest BCUT2D eigenvalue weighted by molar-refractivity contribution is 5.43. The number of nitrogens with zero attached hydrogens (tertiary/aromatic N) is 1. The van der Waals surface area contributed by atoms with Gasteiger partial charge in [0.1, 0.15) is 5.82 Å². The average molecular weight is 242 g/mol. The molecule has 0 aliphatic rings. The highest BCUT2D eigenvalue weighted by Crippen LogP contribution is 2.38. The molecule has 90 valence electrons. The lowest BCUT2D eigenvalue weighted by Gasteiger charge is -2.15. The van der Waals surface area contributed by atoms with Crippen LogP contribution < -0.4 is 5.73 Å². The van der Waals surface area contributed by atoms with Crippen LogP contribution >= 0.6 is 0 Å². The summed E-state index contributed by atoms with van der Waals surface area (Å²) in [6.45, 7) is -1.11. The van der Waals surface area contributed by atoms with E-state index in [1.807, 2.05) is 0 Å². The van der Waals surface area contributed by atoms with Gasteiger partial charge in [-0.25, -0.2) is 13.8 Å². The van der Waals surface area contributed by atoms with E-state index in [0.717, 1.165) is 0 Å². The Hall–Kier alpha value is -1.44. The number of hydrogen-bond donors (Lipinski definition) is 2. The third-order valence-corrected chi connectivity index (χ3v) is 1.81. The minimum atomic E-state index is -5.01. The maximum atomic E-state index is 12.5.